The summed E-state index contributed by atoms with van der Waals surface area (Å²) in [5.74, 6) is -0.409. The number of aryl methyl sites for hydroxylation is 1. The van der Waals surface area contributed by atoms with Gasteiger partial charge in [0.25, 0.3) is 0 Å². The molecule has 0 bridgehead atoms. The third kappa shape index (κ3) is 3.99. The van der Waals surface area contributed by atoms with E-state index in [-0.39, 0.29) is 5.57 Å². The van der Waals surface area contributed by atoms with Gasteiger partial charge >= 0.3 is 6.18 Å². The maximum atomic E-state index is 12.8. The van der Waals surface area contributed by atoms with Crippen molar-refractivity contribution in [2.45, 2.75) is 6.18 Å². The fourth-order valence-electron chi connectivity index (χ4n) is 2.44. The van der Waals surface area contributed by atoms with Crippen LogP contribution in [0.4, 0.5) is 13.2 Å². The normalized spacial score (nSPS) is 12.0. The summed E-state index contributed by atoms with van der Waals surface area (Å²) >= 11 is 1.17. The molecule has 0 saturated carbocycles. The van der Waals surface area contributed by atoms with Crippen molar-refractivity contribution in [2.24, 2.45) is 7.05 Å². The van der Waals surface area contributed by atoms with Crippen molar-refractivity contribution in [3.63, 3.8) is 0 Å². The molecule has 2 aromatic heterocycles. The molecule has 0 N–H and O–H groups in total. The summed E-state index contributed by atoms with van der Waals surface area (Å²) in [5.41, 5.74) is -0.318. The molecule has 0 amide bonds. The second kappa shape index (κ2) is 7.21. The van der Waals surface area contributed by atoms with E-state index >= 15 is 0 Å². The van der Waals surface area contributed by atoms with Crippen LogP contribution in [0.1, 0.15) is 20.9 Å². The molecule has 27 heavy (non-hydrogen) atoms. The Labute approximate surface area is 156 Å². The van der Waals surface area contributed by atoms with Crippen molar-refractivity contribution in [2.75, 3.05) is 0 Å². The number of nitrogens with zero attached hydrogens (tertiary/aromatic N) is 3. The number of carbonyl (C=O) groups is 1. The zero-order valence-electron chi connectivity index (χ0n) is 14.0. The molecular weight excluding hydrogens is 375 g/mol. The topological polar surface area (TPSA) is 58.7 Å². The number of ketones is 1. The van der Waals surface area contributed by atoms with Gasteiger partial charge < -0.3 is 0 Å². The van der Waals surface area contributed by atoms with Gasteiger partial charge in [0.15, 0.2) is 5.69 Å². The minimum atomic E-state index is -4.52. The number of thiophene rings is 1. The van der Waals surface area contributed by atoms with E-state index in [9.17, 15) is 23.2 Å². The summed E-state index contributed by atoms with van der Waals surface area (Å²) in [6, 6.07) is 14.5. The molecule has 0 saturated heterocycles. The Morgan fingerprint density at radius 1 is 1.22 bits per heavy atom. The maximum absolute atomic E-state index is 12.8. The highest BCUT2D eigenvalue weighted by Crippen LogP contribution is 2.34. The third-order valence-corrected chi connectivity index (χ3v) is 4.79. The predicted molar refractivity (Wildman–Crippen MR) is 95.9 cm³/mol. The van der Waals surface area contributed by atoms with Gasteiger partial charge in [-0.2, -0.15) is 23.5 Å². The van der Waals surface area contributed by atoms with E-state index in [0.29, 0.717) is 21.0 Å². The molecule has 0 fully saturated rings. The summed E-state index contributed by atoms with van der Waals surface area (Å²) in [6.07, 6.45) is -3.09. The van der Waals surface area contributed by atoms with E-state index < -0.39 is 17.7 Å². The summed E-state index contributed by atoms with van der Waals surface area (Å²) in [5, 5.41) is 12.8. The van der Waals surface area contributed by atoms with E-state index in [2.05, 4.69) is 5.10 Å². The third-order valence-electron chi connectivity index (χ3n) is 3.74. The van der Waals surface area contributed by atoms with Crippen molar-refractivity contribution in [1.29, 1.82) is 5.26 Å². The summed E-state index contributed by atoms with van der Waals surface area (Å²) in [7, 11) is 1.43. The summed E-state index contributed by atoms with van der Waals surface area (Å²) < 4.78 is 39.6. The molecule has 0 spiro atoms. The minimum absolute atomic E-state index is 0.0458. The zero-order chi connectivity index (χ0) is 19.6. The van der Waals surface area contributed by atoms with Crippen LogP contribution in [-0.2, 0) is 13.2 Å². The van der Waals surface area contributed by atoms with Gasteiger partial charge in [-0.25, -0.2) is 0 Å². The number of halogens is 3. The lowest BCUT2D eigenvalue weighted by atomic mass is 10.0. The first kappa shape index (κ1) is 18.6. The van der Waals surface area contributed by atoms with Gasteiger partial charge in [0, 0.05) is 17.5 Å². The second-order valence-electron chi connectivity index (χ2n) is 5.60. The van der Waals surface area contributed by atoms with Crippen LogP contribution >= 0.6 is 11.3 Å². The molecule has 0 aliphatic heterocycles. The molecule has 2 heterocycles. The SMILES string of the molecule is Cn1nc(C(F)(F)F)cc1-c1ccc(/C=C(\C#N)C(=O)c2ccccc2)s1. The molecule has 1 aromatic carbocycles. The highest BCUT2D eigenvalue weighted by atomic mass is 32.1. The molecule has 3 rings (SSSR count). The molecule has 4 nitrogen and oxygen atoms in total. The molecule has 0 aliphatic carbocycles. The predicted octanol–water partition coefficient (Wildman–Crippen LogP) is 4.96. The van der Waals surface area contributed by atoms with Gasteiger partial charge in [-0.15, -0.1) is 11.3 Å². The molecule has 0 aliphatic rings. The highest BCUT2D eigenvalue weighted by Gasteiger charge is 2.34. The fourth-order valence-corrected chi connectivity index (χ4v) is 3.44. The Balaban J connectivity index is 1.92. The van der Waals surface area contributed by atoms with Crippen LogP contribution in [0.25, 0.3) is 16.6 Å². The Morgan fingerprint density at radius 3 is 2.52 bits per heavy atom. The Kier molecular flexibility index (Phi) is 4.97. The number of allylic oxidation sites excluding steroid dienone is 1. The highest BCUT2D eigenvalue weighted by molar-refractivity contribution is 7.16. The van der Waals surface area contributed by atoms with Crippen LogP contribution < -0.4 is 0 Å². The Morgan fingerprint density at radius 2 is 1.93 bits per heavy atom. The van der Waals surface area contributed by atoms with E-state index in [1.54, 1.807) is 42.5 Å². The van der Waals surface area contributed by atoms with Crippen molar-refractivity contribution in [3.8, 4) is 16.6 Å². The van der Waals surface area contributed by atoms with Crippen LogP contribution in [-0.4, -0.2) is 15.6 Å². The molecular formula is C19H12F3N3OS. The molecule has 0 atom stereocenters. The van der Waals surface area contributed by atoms with Crippen LogP contribution in [0.3, 0.4) is 0 Å². The number of carbonyl (C=O) groups excluding carboxylic acids is 1. The first-order valence-corrected chi connectivity index (χ1v) is 8.54. The minimum Gasteiger partial charge on any atom is -0.288 e. The largest absolute Gasteiger partial charge is 0.435 e. The van der Waals surface area contributed by atoms with Gasteiger partial charge in [0.05, 0.1) is 10.6 Å². The monoisotopic (exact) mass is 387 g/mol. The van der Waals surface area contributed by atoms with Crippen LogP contribution in [0.2, 0.25) is 0 Å². The van der Waals surface area contributed by atoms with Gasteiger partial charge in [0.2, 0.25) is 5.78 Å². The van der Waals surface area contributed by atoms with Crippen molar-refractivity contribution < 1.29 is 18.0 Å². The molecule has 136 valence electrons. The molecule has 8 heteroatoms. The first-order valence-electron chi connectivity index (χ1n) is 7.72. The second-order valence-corrected chi connectivity index (χ2v) is 6.72. The Hall–Kier alpha value is -3.18. The number of benzene rings is 1. The summed E-state index contributed by atoms with van der Waals surface area (Å²) in [6.45, 7) is 0. The number of hydrogen-bond donors (Lipinski definition) is 0. The fraction of sp³-hybridized carbons (Fsp3) is 0.105. The summed E-state index contributed by atoms with van der Waals surface area (Å²) in [4.78, 5) is 13.5. The van der Waals surface area contributed by atoms with Gasteiger partial charge in [-0.05, 0) is 24.3 Å². The lowest BCUT2D eigenvalue weighted by molar-refractivity contribution is -0.141. The van der Waals surface area contributed by atoms with Gasteiger partial charge in [-0.3, -0.25) is 9.48 Å². The van der Waals surface area contributed by atoms with E-state index in [0.717, 1.165) is 10.7 Å². The van der Waals surface area contributed by atoms with Crippen LogP contribution in [0, 0.1) is 11.3 Å². The Bertz CT molecular complexity index is 1060. The molecule has 3 aromatic rings. The van der Waals surface area contributed by atoms with Crippen molar-refractivity contribution in [3.05, 3.63) is 70.2 Å². The number of alkyl halides is 3. The molecule has 0 unspecified atom stereocenters. The van der Waals surface area contributed by atoms with E-state index in [4.69, 9.17) is 0 Å². The van der Waals surface area contributed by atoms with Crippen LogP contribution in [0.5, 0.6) is 0 Å². The maximum Gasteiger partial charge on any atom is 0.435 e. The van der Waals surface area contributed by atoms with E-state index in [1.807, 2.05) is 6.07 Å². The number of nitriles is 1. The quantitative estimate of drug-likeness (QED) is 0.361. The first-order chi connectivity index (χ1) is 12.8. The van der Waals surface area contributed by atoms with Crippen molar-refractivity contribution >= 4 is 23.2 Å². The smallest absolute Gasteiger partial charge is 0.288 e. The number of Topliss-reactive ketones (excluding diaryl/α,β-unsaturated/α-hetero) is 1. The van der Waals surface area contributed by atoms with Crippen molar-refractivity contribution in [1.82, 2.24) is 9.78 Å². The number of rotatable bonds is 4. The zero-order valence-corrected chi connectivity index (χ0v) is 14.8. The standard InChI is InChI=1S/C19H12F3N3OS/c1-25-15(10-17(24-25)19(20,21)22)16-8-7-14(27-16)9-13(11-23)18(26)12-5-3-2-4-6-12/h2-10H,1H3/b13-9+. The van der Waals surface area contributed by atoms with E-state index in [1.165, 1.54) is 24.5 Å². The van der Waals surface area contributed by atoms with Gasteiger partial charge in [-0.1, -0.05) is 30.3 Å². The van der Waals surface area contributed by atoms with Gasteiger partial charge in [0.1, 0.15) is 11.6 Å². The lowest BCUT2D eigenvalue weighted by Gasteiger charge is -1.99. The number of aromatic nitrogens is 2. The van der Waals surface area contributed by atoms with Crippen LogP contribution in [0.15, 0.2) is 54.1 Å². The number of hydrogen-bond acceptors (Lipinski definition) is 4. The average Bonchev–Trinajstić information content (AvgIpc) is 3.25. The lowest BCUT2D eigenvalue weighted by Crippen LogP contribution is -2.06. The molecule has 0 radical (unpaired) electrons. The average molecular weight is 387 g/mol.